The van der Waals surface area contributed by atoms with E-state index in [0.29, 0.717) is 6.61 Å². The summed E-state index contributed by atoms with van der Waals surface area (Å²) in [5.41, 5.74) is 0. The number of esters is 1. The van der Waals surface area contributed by atoms with Gasteiger partial charge in [0.05, 0.1) is 19.8 Å². The van der Waals surface area contributed by atoms with Crippen LogP contribution in [0.15, 0.2) is 0 Å². The monoisotopic (exact) mass is 311 g/mol. The minimum atomic E-state index is -4.12. The second-order valence-corrected chi connectivity index (χ2v) is 5.12. The molecular weight excluding hydrogens is 290 g/mol. The van der Waals surface area contributed by atoms with Gasteiger partial charge in [-0.15, -0.1) is 0 Å². The van der Waals surface area contributed by atoms with E-state index in [1.807, 2.05) is 6.92 Å². The van der Waals surface area contributed by atoms with Gasteiger partial charge in [0.2, 0.25) is 0 Å². The molecule has 9 heteroatoms. The molecule has 0 aromatic rings. The zero-order valence-corrected chi connectivity index (χ0v) is 12.5. The lowest BCUT2D eigenvalue weighted by molar-refractivity contribution is -0.144. The number of rotatable bonds is 10. The van der Waals surface area contributed by atoms with E-state index < -0.39 is 16.4 Å². The number of hydrogen-bond acceptors (Lipinski definition) is 7. The van der Waals surface area contributed by atoms with Crippen molar-refractivity contribution < 1.29 is 31.7 Å². The molecule has 0 rings (SSSR count). The summed E-state index contributed by atoms with van der Waals surface area (Å²) in [4.78, 5) is 22.3. The topological polar surface area (TPSA) is 108 Å². The van der Waals surface area contributed by atoms with E-state index in [9.17, 15) is 18.0 Å². The summed E-state index contributed by atoms with van der Waals surface area (Å²) < 4.78 is 37.4. The highest BCUT2D eigenvalue weighted by Crippen LogP contribution is 1.97. The van der Waals surface area contributed by atoms with E-state index in [4.69, 9.17) is 4.74 Å². The molecule has 0 aliphatic heterocycles. The van der Waals surface area contributed by atoms with Gasteiger partial charge in [0.25, 0.3) is 0 Å². The summed E-state index contributed by atoms with van der Waals surface area (Å²) in [7, 11) is -4.12. The van der Waals surface area contributed by atoms with Crippen molar-refractivity contribution in [3.05, 3.63) is 0 Å². The normalized spacial score (nSPS) is 10.9. The maximum atomic E-state index is 11.2. The lowest BCUT2D eigenvalue weighted by Crippen LogP contribution is -2.32. The molecule has 0 saturated carbocycles. The van der Waals surface area contributed by atoms with Crippen LogP contribution in [0.3, 0.4) is 0 Å². The van der Waals surface area contributed by atoms with Crippen molar-refractivity contribution in [3.63, 3.8) is 0 Å². The molecule has 0 aliphatic carbocycles. The number of ether oxygens (including phenoxy) is 2. The highest BCUT2D eigenvalue weighted by molar-refractivity contribution is 7.85. The Kier molecular flexibility index (Phi) is 9.73. The first-order valence-electron chi connectivity index (χ1n) is 6.40. The summed E-state index contributed by atoms with van der Waals surface area (Å²) in [5.74, 6) is -0.371. The fraction of sp³-hybridized carbons (Fsp3) is 0.818. The predicted octanol–water partition coefficient (Wildman–Crippen LogP) is 1.12. The van der Waals surface area contributed by atoms with Crippen LogP contribution < -0.4 is 4.72 Å². The maximum Gasteiger partial charge on any atom is 0.422 e. The van der Waals surface area contributed by atoms with Crippen LogP contribution in [0.1, 0.15) is 39.5 Å². The molecule has 0 atom stereocenters. The summed E-state index contributed by atoms with van der Waals surface area (Å²) in [6.07, 6.45) is 0.963. The molecule has 8 nitrogen and oxygen atoms in total. The molecule has 1 amide bonds. The van der Waals surface area contributed by atoms with Crippen molar-refractivity contribution in [1.29, 1.82) is 0 Å². The first kappa shape index (κ1) is 18.7. The van der Waals surface area contributed by atoms with Gasteiger partial charge in [-0.25, -0.2) is 4.79 Å². The Morgan fingerprint density at radius 3 is 2.30 bits per heavy atom. The Bertz CT molecular complexity index is 394. The lowest BCUT2D eigenvalue weighted by Gasteiger charge is -2.07. The highest BCUT2D eigenvalue weighted by atomic mass is 32.2. The van der Waals surface area contributed by atoms with Gasteiger partial charge in [-0.3, -0.25) is 8.98 Å². The molecular formula is C11H21NO7S. The number of unbranched alkanes of at least 4 members (excludes halogenated alkanes) is 1. The molecule has 118 valence electrons. The zero-order valence-electron chi connectivity index (χ0n) is 11.7. The smallest absolute Gasteiger partial charge is 0.422 e. The van der Waals surface area contributed by atoms with E-state index in [-0.39, 0.29) is 32.0 Å². The van der Waals surface area contributed by atoms with E-state index in [1.54, 1.807) is 4.72 Å². The van der Waals surface area contributed by atoms with Gasteiger partial charge < -0.3 is 9.47 Å². The van der Waals surface area contributed by atoms with Crippen LogP contribution in [-0.2, 0) is 28.8 Å². The van der Waals surface area contributed by atoms with Crippen molar-refractivity contribution in [1.82, 2.24) is 4.72 Å². The van der Waals surface area contributed by atoms with Crippen LogP contribution in [0, 0.1) is 0 Å². The second kappa shape index (κ2) is 10.4. The minimum Gasteiger partial charge on any atom is -0.466 e. The molecule has 20 heavy (non-hydrogen) atoms. The number of nitrogens with one attached hydrogen (secondary N) is 1. The molecule has 0 saturated heterocycles. The van der Waals surface area contributed by atoms with E-state index in [2.05, 4.69) is 8.92 Å². The van der Waals surface area contributed by atoms with Crippen LogP contribution >= 0.6 is 0 Å². The van der Waals surface area contributed by atoms with Gasteiger partial charge >= 0.3 is 22.4 Å². The SMILES string of the molecule is CCCCOC(=O)CCCOC(=O)NS(=O)(=O)OCC. The molecule has 0 unspecified atom stereocenters. The molecule has 0 aliphatic rings. The van der Waals surface area contributed by atoms with Crippen molar-refractivity contribution in [2.24, 2.45) is 0 Å². The Morgan fingerprint density at radius 1 is 1.05 bits per heavy atom. The second-order valence-electron chi connectivity index (χ2n) is 3.78. The number of carbonyl (C=O) groups excluding carboxylic acids is 2. The molecule has 0 spiro atoms. The van der Waals surface area contributed by atoms with Crippen molar-refractivity contribution >= 4 is 22.4 Å². The highest BCUT2D eigenvalue weighted by Gasteiger charge is 2.15. The summed E-state index contributed by atoms with van der Waals surface area (Å²) in [5, 5.41) is 0. The zero-order chi connectivity index (χ0) is 15.4. The fourth-order valence-corrected chi connectivity index (χ4v) is 1.73. The molecule has 0 aromatic carbocycles. The third kappa shape index (κ3) is 10.6. The van der Waals surface area contributed by atoms with Gasteiger partial charge in [0.15, 0.2) is 0 Å². The van der Waals surface area contributed by atoms with Gasteiger partial charge in [-0.1, -0.05) is 13.3 Å². The first-order valence-corrected chi connectivity index (χ1v) is 7.81. The van der Waals surface area contributed by atoms with Gasteiger partial charge in [-0.05, 0) is 19.8 Å². The van der Waals surface area contributed by atoms with E-state index in [0.717, 1.165) is 12.8 Å². The molecule has 0 heterocycles. The van der Waals surface area contributed by atoms with Gasteiger partial charge in [-0.2, -0.15) is 13.1 Å². The van der Waals surface area contributed by atoms with E-state index >= 15 is 0 Å². The Labute approximate surface area is 119 Å². The largest absolute Gasteiger partial charge is 0.466 e. The quantitative estimate of drug-likeness (QED) is 0.475. The fourth-order valence-electron chi connectivity index (χ4n) is 1.10. The van der Waals surface area contributed by atoms with Crippen LogP contribution in [0.5, 0.6) is 0 Å². The van der Waals surface area contributed by atoms with Crippen LogP contribution in [-0.4, -0.2) is 40.3 Å². The maximum absolute atomic E-state index is 11.2. The number of hydrogen-bond donors (Lipinski definition) is 1. The van der Waals surface area contributed by atoms with Gasteiger partial charge in [0.1, 0.15) is 0 Å². The summed E-state index contributed by atoms with van der Waals surface area (Å²) >= 11 is 0. The first-order chi connectivity index (χ1) is 9.41. The van der Waals surface area contributed by atoms with Crippen LogP contribution in [0.2, 0.25) is 0 Å². The standard InChI is InChI=1S/C11H21NO7S/c1-3-5-8-17-10(13)7-6-9-18-11(14)12-20(15,16)19-4-2/h3-9H2,1-2H3,(H,12,14). The molecule has 0 fully saturated rings. The Morgan fingerprint density at radius 2 is 1.70 bits per heavy atom. The Balaban J connectivity index is 3.69. The van der Waals surface area contributed by atoms with Gasteiger partial charge in [0, 0.05) is 6.42 Å². The van der Waals surface area contributed by atoms with Crippen molar-refractivity contribution in [3.8, 4) is 0 Å². The molecule has 0 radical (unpaired) electrons. The minimum absolute atomic E-state index is 0.0869. The number of carbonyl (C=O) groups is 2. The Hall–Kier alpha value is -1.35. The molecule has 1 N–H and O–H groups in total. The van der Waals surface area contributed by atoms with E-state index in [1.165, 1.54) is 6.92 Å². The van der Waals surface area contributed by atoms with Crippen molar-refractivity contribution in [2.75, 3.05) is 19.8 Å². The average Bonchev–Trinajstić information content (AvgIpc) is 2.34. The lowest BCUT2D eigenvalue weighted by atomic mass is 10.3. The van der Waals surface area contributed by atoms with Crippen LogP contribution in [0.4, 0.5) is 4.79 Å². The summed E-state index contributed by atoms with van der Waals surface area (Å²) in [6.45, 7) is 3.65. The van der Waals surface area contributed by atoms with Crippen LogP contribution in [0.25, 0.3) is 0 Å². The third-order valence-corrected chi connectivity index (χ3v) is 2.96. The average molecular weight is 311 g/mol. The predicted molar refractivity (Wildman–Crippen MR) is 70.1 cm³/mol. The van der Waals surface area contributed by atoms with Crippen molar-refractivity contribution in [2.45, 2.75) is 39.5 Å². The molecule has 0 bridgehead atoms. The third-order valence-electron chi connectivity index (χ3n) is 2.00. The molecule has 0 aromatic heterocycles. The number of amides is 1. The summed E-state index contributed by atoms with van der Waals surface area (Å²) in [6, 6.07) is 0.